The number of fused-ring (bicyclic) bond motifs is 1. The van der Waals surface area contributed by atoms with Crippen LogP contribution in [-0.4, -0.2) is 23.5 Å². The number of amides is 1. The number of nitrogens with zero attached hydrogens (tertiary/aromatic N) is 2. The molecule has 1 aliphatic rings. The molecular weight excluding hydrogens is 310 g/mol. The lowest BCUT2D eigenvalue weighted by atomic mass is 10.1. The summed E-state index contributed by atoms with van der Waals surface area (Å²) in [4.78, 5) is 20.0. The van der Waals surface area contributed by atoms with Gasteiger partial charge in [-0.1, -0.05) is 6.92 Å². The van der Waals surface area contributed by atoms with E-state index in [4.69, 9.17) is 10.5 Å². The Morgan fingerprint density at radius 3 is 2.87 bits per heavy atom. The summed E-state index contributed by atoms with van der Waals surface area (Å²) in [6.45, 7) is 7.03. The molecule has 1 atom stereocenters. The van der Waals surface area contributed by atoms with Crippen LogP contribution in [0, 0.1) is 6.92 Å². The molecule has 2 aromatic rings. The van der Waals surface area contributed by atoms with Gasteiger partial charge in [-0.05, 0) is 38.5 Å². The highest BCUT2D eigenvalue weighted by molar-refractivity contribution is 7.12. The monoisotopic (exact) mass is 331 g/mol. The molecule has 122 valence electrons. The number of aromatic nitrogens is 1. The largest absolute Gasteiger partial charge is 0.479 e. The van der Waals surface area contributed by atoms with Gasteiger partial charge in [0.05, 0.1) is 11.4 Å². The van der Waals surface area contributed by atoms with Gasteiger partial charge in [-0.3, -0.25) is 4.79 Å². The van der Waals surface area contributed by atoms with Crippen molar-refractivity contribution in [1.82, 2.24) is 4.98 Å². The molecule has 23 heavy (non-hydrogen) atoms. The molecule has 5 nitrogen and oxygen atoms in total. The van der Waals surface area contributed by atoms with Crippen LogP contribution in [0.5, 0.6) is 5.75 Å². The van der Waals surface area contributed by atoms with Gasteiger partial charge < -0.3 is 15.4 Å². The van der Waals surface area contributed by atoms with Crippen LogP contribution in [0.4, 0.5) is 5.69 Å². The summed E-state index contributed by atoms with van der Waals surface area (Å²) in [6, 6.07) is 5.92. The quantitative estimate of drug-likeness (QED) is 0.935. The number of rotatable bonds is 4. The fourth-order valence-corrected chi connectivity index (χ4v) is 3.65. The van der Waals surface area contributed by atoms with Crippen LogP contribution >= 0.6 is 11.3 Å². The Bertz CT molecular complexity index is 741. The number of benzene rings is 1. The Kier molecular flexibility index (Phi) is 4.37. The first kappa shape index (κ1) is 16.0. The highest BCUT2D eigenvalue weighted by Crippen LogP contribution is 2.38. The maximum Gasteiger partial charge on any atom is 0.267 e. The maximum absolute atomic E-state index is 12.4. The zero-order valence-electron chi connectivity index (χ0n) is 13.6. The summed E-state index contributed by atoms with van der Waals surface area (Å²) in [5.74, 6) is 0.760. The van der Waals surface area contributed by atoms with Crippen LogP contribution in [-0.2, 0) is 11.3 Å². The van der Waals surface area contributed by atoms with Gasteiger partial charge >= 0.3 is 0 Å². The van der Waals surface area contributed by atoms with Crippen molar-refractivity contribution in [3.05, 3.63) is 28.1 Å². The molecule has 1 aromatic carbocycles. The van der Waals surface area contributed by atoms with Crippen molar-refractivity contribution in [2.45, 2.75) is 39.8 Å². The summed E-state index contributed by atoms with van der Waals surface area (Å²) in [7, 11) is 0. The Labute approximate surface area is 140 Å². The van der Waals surface area contributed by atoms with Crippen molar-refractivity contribution in [1.29, 1.82) is 0 Å². The molecule has 0 bridgehead atoms. The van der Waals surface area contributed by atoms with Gasteiger partial charge in [0, 0.05) is 23.5 Å². The first-order chi connectivity index (χ1) is 11.0. The molecule has 3 rings (SSSR count). The number of carbonyl (C=O) groups excluding carboxylic acids is 1. The summed E-state index contributed by atoms with van der Waals surface area (Å²) >= 11 is 1.61. The van der Waals surface area contributed by atoms with E-state index in [-0.39, 0.29) is 5.91 Å². The summed E-state index contributed by atoms with van der Waals surface area (Å²) in [5.41, 5.74) is 8.44. The van der Waals surface area contributed by atoms with E-state index in [1.807, 2.05) is 30.0 Å². The van der Waals surface area contributed by atoms with Crippen LogP contribution < -0.4 is 15.4 Å². The van der Waals surface area contributed by atoms with Gasteiger partial charge in [0.2, 0.25) is 0 Å². The predicted octanol–water partition coefficient (Wildman–Crippen LogP) is 3.10. The number of aryl methyl sites for hydroxylation is 1. The van der Waals surface area contributed by atoms with Gasteiger partial charge in [0.15, 0.2) is 6.10 Å². The third-order valence-corrected chi connectivity index (χ3v) is 4.90. The molecule has 1 aliphatic heterocycles. The lowest BCUT2D eigenvalue weighted by Crippen LogP contribution is -2.44. The molecule has 0 radical (unpaired) electrons. The number of thiazole rings is 1. The smallest absolute Gasteiger partial charge is 0.267 e. The normalized spacial score (nSPS) is 17.1. The molecule has 1 aromatic heterocycles. The molecule has 1 amide bonds. The van der Waals surface area contributed by atoms with Crippen molar-refractivity contribution >= 4 is 22.9 Å². The number of hydrogen-bond donors (Lipinski definition) is 1. The van der Waals surface area contributed by atoms with Gasteiger partial charge in [-0.25, -0.2) is 4.98 Å². The van der Waals surface area contributed by atoms with Gasteiger partial charge in [0.25, 0.3) is 5.91 Å². The SMILES string of the molecule is CCCN1C(=O)C(C)Oc2ccc(-c3nc(CN)sc3C)cc21. The molecule has 0 fully saturated rings. The average Bonchev–Trinajstić information content (AvgIpc) is 2.92. The highest BCUT2D eigenvalue weighted by Gasteiger charge is 2.31. The molecule has 1 unspecified atom stereocenters. The number of anilines is 1. The number of ether oxygens (including phenoxy) is 1. The number of nitrogens with two attached hydrogens (primary N) is 1. The second-order valence-electron chi connectivity index (χ2n) is 5.65. The second kappa shape index (κ2) is 6.29. The van der Waals surface area contributed by atoms with E-state index in [0.717, 1.165) is 39.0 Å². The summed E-state index contributed by atoms with van der Waals surface area (Å²) < 4.78 is 5.74. The number of carbonyl (C=O) groups is 1. The van der Waals surface area contributed by atoms with E-state index >= 15 is 0 Å². The van der Waals surface area contributed by atoms with Crippen molar-refractivity contribution in [2.75, 3.05) is 11.4 Å². The Morgan fingerprint density at radius 2 is 2.22 bits per heavy atom. The van der Waals surface area contributed by atoms with E-state index in [0.29, 0.717) is 13.1 Å². The van der Waals surface area contributed by atoms with E-state index < -0.39 is 6.10 Å². The minimum atomic E-state index is -0.440. The summed E-state index contributed by atoms with van der Waals surface area (Å²) in [6.07, 6.45) is 0.458. The minimum Gasteiger partial charge on any atom is -0.479 e. The van der Waals surface area contributed by atoms with Gasteiger partial charge in [-0.2, -0.15) is 0 Å². The van der Waals surface area contributed by atoms with Crippen molar-refractivity contribution in [2.24, 2.45) is 5.73 Å². The van der Waals surface area contributed by atoms with Crippen LogP contribution in [0.3, 0.4) is 0 Å². The Morgan fingerprint density at radius 1 is 1.43 bits per heavy atom. The molecule has 0 saturated carbocycles. The van der Waals surface area contributed by atoms with E-state index in [2.05, 4.69) is 11.9 Å². The standard InChI is InChI=1S/C17H21N3O2S/c1-4-7-20-13-8-12(16-11(3)23-15(9-18)19-16)5-6-14(13)22-10(2)17(20)21/h5-6,8,10H,4,7,9,18H2,1-3H3. The maximum atomic E-state index is 12.4. The second-order valence-corrected chi connectivity index (χ2v) is 6.94. The van der Waals surface area contributed by atoms with Crippen LogP contribution in [0.1, 0.15) is 30.2 Å². The fourth-order valence-electron chi connectivity index (χ4n) is 2.81. The van der Waals surface area contributed by atoms with Crippen molar-refractivity contribution in [3.8, 4) is 17.0 Å². The van der Waals surface area contributed by atoms with Gasteiger partial charge in [0.1, 0.15) is 10.8 Å². The van der Waals surface area contributed by atoms with Crippen LogP contribution in [0.25, 0.3) is 11.3 Å². The van der Waals surface area contributed by atoms with E-state index in [1.165, 1.54) is 0 Å². The lowest BCUT2D eigenvalue weighted by molar-refractivity contribution is -0.125. The minimum absolute atomic E-state index is 0.00847. The first-order valence-corrected chi connectivity index (χ1v) is 8.65. The Balaban J connectivity index is 2.06. The summed E-state index contributed by atoms with van der Waals surface area (Å²) in [5, 5.41) is 0.918. The zero-order valence-corrected chi connectivity index (χ0v) is 14.4. The third-order valence-electron chi connectivity index (χ3n) is 3.90. The lowest BCUT2D eigenvalue weighted by Gasteiger charge is -2.33. The zero-order chi connectivity index (χ0) is 16.6. The van der Waals surface area contributed by atoms with E-state index in [9.17, 15) is 4.79 Å². The molecule has 6 heteroatoms. The predicted molar refractivity (Wildman–Crippen MR) is 92.9 cm³/mol. The van der Waals surface area contributed by atoms with Gasteiger partial charge in [-0.15, -0.1) is 11.3 Å². The van der Waals surface area contributed by atoms with Crippen molar-refractivity contribution < 1.29 is 9.53 Å². The molecule has 2 heterocycles. The van der Waals surface area contributed by atoms with Crippen molar-refractivity contribution in [3.63, 3.8) is 0 Å². The fraction of sp³-hybridized carbons (Fsp3) is 0.412. The van der Waals surface area contributed by atoms with Crippen LogP contribution in [0.2, 0.25) is 0 Å². The molecular formula is C17H21N3O2S. The molecule has 0 aliphatic carbocycles. The molecule has 2 N–H and O–H groups in total. The topological polar surface area (TPSA) is 68.5 Å². The Hall–Kier alpha value is -1.92. The van der Waals surface area contributed by atoms with E-state index in [1.54, 1.807) is 18.3 Å². The van der Waals surface area contributed by atoms with Crippen LogP contribution in [0.15, 0.2) is 18.2 Å². The highest BCUT2D eigenvalue weighted by atomic mass is 32.1. The molecule has 0 spiro atoms. The third kappa shape index (κ3) is 2.84. The molecule has 0 saturated heterocycles. The number of hydrogen-bond acceptors (Lipinski definition) is 5. The first-order valence-electron chi connectivity index (χ1n) is 7.84. The average molecular weight is 331 g/mol.